The molecule has 0 saturated heterocycles. The molecule has 2 heterocycles. The highest BCUT2D eigenvalue weighted by atomic mass is 15.2. The van der Waals surface area contributed by atoms with Gasteiger partial charge in [-0.3, -0.25) is 9.56 Å². The maximum Gasteiger partial charge on any atom is 0.140 e. The molecule has 0 spiro atoms. The van der Waals surface area contributed by atoms with Crippen molar-refractivity contribution in [3.63, 3.8) is 0 Å². The Morgan fingerprint density at radius 3 is 2.94 bits per heavy atom. The highest BCUT2D eigenvalue weighted by molar-refractivity contribution is 5.47. The molecule has 5 heteroatoms. The molecule has 0 N–H and O–H groups in total. The number of hydrogen-bond donors (Lipinski definition) is 0. The van der Waals surface area contributed by atoms with Crippen molar-refractivity contribution in [1.82, 2.24) is 14.5 Å². The van der Waals surface area contributed by atoms with Crippen molar-refractivity contribution < 1.29 is 0 Å². The summed E-state index contributed by atoms with van der Waals surface area (Å²) in [6.07, 6.45) is 8.77. The fraction of sp³-hybridized carbons (Fsp3) is 0.154. The largest absolute Gasteiger partial charge is 0.334 e. The van der Waals surface area contributed by atoms with Gasteiger partial charge < -0.3 is 4.90 Å². The van der Waals surface area contributed by atoms with E-state index in [0.29, 0.717) is 0 Å². The molecule has 5 nitrogen and oxygen atoms in total. The summed E-state index contributed by atoms with van der Waals surface area (Å²) in [7, 11) is 1.92. The van der Waals surface area contributed by atoms with E-state index in [2.05, 4.69) is 21.7 Å². The Hall–Kier alpha value is -2.43. The highest BCUT2D eigenvalue weighted by Crippen LogP contribution is 2.16. The van der Waals surface area contributed by atoms with Crippen LogP contribution in [0.5, 0.6) is 0 Å². The van der Waals surface area contributed by atoms with Crippen LogP contribution < -0.4 is 4.90 Å². The van der Waals surface area contributed by atoms with Crippen molar-refractivity contribution >= 4 is 12.5 Å². The molecule has 0 radical (unpaired) electrons. The summed E-state index contributed by atoms with van der Waals surface area (Å²) in [4.78, 5) is 14.2. The fourth-order valence-corrected chi connectivity index (χ4v) is 1.56. The van der Waals surface area contributed by atoms with E-state index in [1.165, 1.54) is 0 Å². The zero-order valence-corrected chi connectivity index (χ0v) is 10.5. The van der Waals surface area contributed by atoms with Crippen molar-refractivity contribution in [2.24, 2.45) is 4.99 Å². The number of anilines is 1. The van der Waals surface area contributed by atoms with Gasteiger partial charge in [0.25, 0.3) is 0 Å². The first-order valence-corrected chi connectivity index (χ1v) is 5.53. The number of hydrogen-bond acceptors (Lipinski definition) is 4. The molecular weight excluding hydrogens is 226 g/mol. The lowest BCUT2D eigenvalue weighted by Crippen LogP contribution is -2.11. The minimum atomic E-state index is 0.842. The molecule has 0 aliphatic rings. The molecule has 0 bridgehead atoms. The summed E-state index contributed by atoms with van der Waals surface area (Å²) >= 11 is 0. The van der Waals surface area contributed by atoms with Crippen LogP contribution in [0, 0.1) is 6.92 Å². The van der Waals surface area contributed by atoms with Crippen molar-refractivity contribution in [3.05, 3.63) is 48.8 Å². The Morgan fingerprint density at radius 2 is 2.28 bits per heavy atom. The molecule has 0 aliphatic carbocycles. The molecular formula is C13H15N5. The van der Waals surface area contributed by atoms with E-state index in [9.17, 15) is 0 Å². The van der Waals surface area contributed by atoms with Gasteiger partial charge in [0.15, 0.2) is 0 Å². The highest BCUT2D eigenvalue weighted by Gasteiger charge is 2.04. The van der Waals surface area contributed by atoms with E-state index in [0.717, 1.165) is 17.2 Å². The number of pyridine rings is 1. The van der Waals surface area contributed by atoms with Crippen LogP contribution in [-0.4, -0.2) is 28.3 Å². The van der Waals surface area contributed by atoms with Crippen LogP contribution in [-0.2, 0) is 0 Å². The van der Waals surface area contributed by atoms with Gasteiger partial charge in [-0.05, 0) is 31.3 Å². The van der Waals surface area contributed by atoms with Crippen LogP contribution in [0.2, 0.25) is 0 Å². The lowest BCUT2D eigenvalue weighted by atomic mass is 10.3. The predicted octanol–water partition coefficient (Wildman–Crippen LogP) is 2.18. The molecule has 92 valence electrons. The van der Waals surface area contributed by atoms with E-state index in [-0.39, 0.29) is 0 Å². The van der Waals surface area contributed by atoms with Gasteiger partial charge in [0, 0.05) is 31.8 Å². The first-order valence-electron chi connectivity index (χ1n) is 5.53. The van der Waals surface area contributed by atoms with Gasteiger partial charge in [0.2, 0.25) is 0 Å². The molecule has 0 unspecified atom stereocenters. The number of aryl methyl sites for hydroxylation is 1. The first-order chi connectivity index (χ1) is 8.70. The zero-order chi connectivity index (χ0) is 13.0. The van der Waals surface area contributed by atoms with E-state index in [1.807, 2.05) is 48.0 Å². The number of aliphatic imine (C=N–C) groups is 1. The van der Waals surface area contributed by atoms with E-state index in [1.54, 1.807) is 18.7 Å². The van der Waals surface area contributed by atoms with Crippen LogP contribution in [0.15, 0.2) is 48.2 Å². The third-order valence-electron chi connectivity index (χ3n) is 2.47. The van der Waals surface area contributed by atoms with E-state index < -0.39 is 0 Å². The molecule has 0 aromatic carbocycles. The lowest BCUT2D eigenvalue weighted by Gasteiger charge is -2.14. The molecule has 0 saturated carbocycles. The second kappa shape index (κ2) is 5.27. The van der Waals surface area contributed by atoms with Crippen LogP contribution >= 0.6 is 0 Å². The van der Waals surface area contributed by atoms with Crippen LogP contribution in [0.4, 0.5) is 5.82 Å². The van der Waals surface area contributed by atoms with E-state index in [4.69, 9.17) is 0 Å². The molecule has 0 aliphatic heterocycles. The topological polar surface area (TPSA) is 46.3 Å². The Balaban J connectivity index is 2.38. The Bertz CT molecular complexity index is 557. The molecule has 2 aromatic heterocycles. The minimum absolute atomic E-state index is 0.842. The number of imidazole rings is 1. The fourth-order valence-electron chi connectivity index (χ4n) is 1.56. The SMILES string of the molecule is C=N/C=C\N(C)c1cc(C)cc(-n2ccnc2)n1. The normalized spacial score (nSPS) is 10.8. The average molecular weight is 241 g/mol. The third-order valence-corrected chi connectivity index (χ3v) is 2.47. The quantitative estimate of drug-likeness (QED) is 0.771. The summed E-state index contributed by atoms with van der Waals surface area (Å²) < 4.78 is 1.87. The molecule has 2 aromatic rings. The molecule has 0 fully saturated rings. The average Bonchev–Trinajstić information content (AvgIpc) is 2.89. The van der Waals surface area contributed by atoms with Gasteiger partial charge in [0.05, 0.1) is 0 Å². The second-order valence-corrected chi connectivity index (χ2v) is 3.92. The van der Waals surface area contributed by atoms with Crippen molar-refractivity contribution in [1.29, 1.82) is 0 Å². The maximum atomic E-state index is 4.56. The summed E-state index contributed by atoms with van der Waals surface area (Å²) in [5.41, 5.74) is 1.13. The number of aromatic nitrogens is 3. The minimum Gasteiger partial charge on any atom is -0.334 e. The number of rotatable bonds is 4. The number of nitrogens with zero attached hydrogens (tertiary/aromatic N) is 5. The van der Waals surface area contributed by atoms with Crippen molar-refractivity contribution in [2.75, 3.05) is 11.9 Å². The zero-order valence-electron chi connectivity index (χ0n) is 10.5. The van der Waals surface area contributed by atoms with Gasteiger partial charge in [-0.2, -0.15) is 0 Å². The third kappa shape index (κ3) is 2.63. The van der Waals surface area contributed by atoms with Gasteiger partial charge >= 0.3 is 0 Å². The van der Waals surface area contributed by atoms with E-state index >= 15 is 0 Å². The smallest absolute Gasteiger partial charge is 0.140 e. The molecule has 0 amide bonds. The van der Waals surface area contributed by atoms with Gasteiger partial charge in [-0.15, -0.1) is 0 Å². The summed E-state index contributed by atoms with van der Waals surface area (Å²) in [6, 6.07) is 4.02. The predicted molar refractivity (Wildman–Crippen MR) is 73.2 cm³/mol. The van der Waals surface area contributed by atoms with Crippen LogP contribution in [0.3, 0.4) is 0 Å². The summed E-state index contributed by atoms with van der Waals surface area (Å²) in [5.74, 6) is 1.69. The standard InChI is InChI=1S/C13H15N5/c1-11-8-12(17(3)6-4-14-2)16-13(9-11)18-7-5-15-10-18/h4-10H,2H2,1,3H3/b6-4-. The molecule has 0 atom stereocenters. The Labute approximate surface area is 106 Å². The Morgan fingerprint density at radius 1 is 1.44 bits per heavy atom. The summed E-state index contributed by atoms with van der Waals surface area (Å²) in [5, 5.41) is 0. The lowest BCUT2D eigenvalue weighted by molar-refractivity contribution is 0.972. The van der Waals surface area contributed by atoms with Crippen LogP contribution in [0.1, 0.15) is 5.56 Å². The van der Waals surface area contributed by atoms with Gasteiger partial charge in [-0.25, -0.2) is 9.97 Å². The van der Waals surface area contributed by atoms with Crippen molar-refractivity contribution in [3.8, 4) is 5.82 Å². The maximum absolute atomic E-state index is 4.56. The Kier molecular flexibility index (Phi) is 3.52. The van der Waals surface area contributed by atoms with Gasteiger partial charge in [-0.1, -0.05) is 0 Å². The van der Waals surface area contributed by atoms with Crippen LogP contribution in [0.25, 0.3) is 5.82 Å². The van der Waals surface area contributed by atoms with Crippen molar-refractivity contribution in [2.45, 2.75) is 6.92 Å². The molecule has 18 heavy (non-hydrogen) atoms. The first kappa shape index (κ1) is 12.0. The summed E-state index contributed by atoms with van der Waals surface area (Å²) in [6.45, 7) is 5.44. The molecule has 2 rings (SSSR count). The second-order valence-electron chi connectivity index (χ2n) is 3.92. The van der Waals surface area contributed by atoms with Gasteiger partial charge in [0.1, 0.15) is 18.0 Å². The monoisotopic (exact) mass is 241 g/mol.